The summed E-state index contributed by atoms with van der Waals surface area (Å²) in [6.07, 6.45) is 0.485. The van der Waals surface area contributed by atoms with Crippen molar-refractivity contribution in [2.24, 2.45) is 0 Å². The molecule has 0 fully saturated rings. The van der Waals surface area contributed by atoms with Crippen molar-refractivity contribution in [3.63, 3.8) is 0 Å². The first-order valence-electron chi connectivity index (χ1n) is 8.25. The lowest BCUT2D eigenvalue weighted by Crippen LogP contribution is -2.39. The van der Waals surface area contributed by atoms with Gasteiger partial charge in [-0.3, -0.25) is 9.59 Å². The smallest absolute Gasteiger partial charge is 0.276 e. The van der Waals surface area contributed by atoms with Gasteiger partial charge in [0.2, 0.25) is 5.91 Å². The maximum Gasteiger partial charge on any atom is 0.276 e. The molecule has 25 heavy (non-hydrogen) atoms. The number of benzene rings is 1. The number of carbonyl (C=O) groups excluding carboxylic acids is 1. The van der Waals surface area contributed by atoms with Gasteiger partial charge in [-0.1, -0.05) is 25.1 Å². The number of amides is 1. The van der Waals surface area contributed by atoms with Crippen LogP contribution < -0.4 is 10.9 Å². The highest BCUT2D eigenvalue weighted by atomic mass is 32.1. The van der Waals surface area contributed by atoms with Crippen LogP contribution in [0.1, 0.15) is 25.1 Å². The zero-order chi connectivity index (χ0) is 18.0. The van der Waals surface area contributed by atoms with Crippen LogP contribution in [0.15, 0.2) is 29.1 Å². The molecular formula is C18H21N3O3S. The number of thiophene rings is 1. The van der Waals surface area contributed by atoms with Gasteiger partial charge in [0.25, 0.3) is 5.56 Å². The van der Waals surface area contributed by atoms with Crippen LogP contribution in [0, 0.1) is 6.92 Å². The van der Waals surface area contributed by atoms with Crippen LogP contribution in [-0.4, -0.2) is 35.9 Å². The summed E-state index contributed by atoms with van der Waals surface area (Å²) in [5.74, 6) is -0.215. The van der Waals surface area contributed by atoms with E-state index in [1.54, 1.807) is 18.4 Å². The van der Waals surface area contributed by atoms with E-state index in [0.29, 0.717) is 25.0 Å². The van der Waals surface area contributed by atoms with Crippen molar-refractivity contribution in [1.82, 2.24) is 15.1 Å². The highest BCUT2D eigenvalue weighted by Gasteiger charge is 2.23. The first kappa shape index (κ1) is 17.6. The van der Waals surface area contributed by atoms with E-state index in [4.69, 9.17) is 4.74 Å². The van der Waals surface area contributed by atoms with Crippen molar-refractivity contribution >= 4 is 37.4 Å². The zero-order valence-electron chi connectivity index (χ0n) is 14.5. The van der Waals surface area contributed by atoms with Gasteiger partial charge >= 0.3 is 0 Å². The number of nitrogens with zero attached hydrogens (tertiary/aromatic N) is 2. The number of carbonyl (C=O) groups is 1. The Balaban J connectivity index is 2.12. The number of nitrogens with one attached hydrogen (secondary N) is 1. The van der Waals surface area contributed by atoms with Gasteiger partial charge in [-0.15, -0.1) is 11.3 Å². The van der Waals surface area contributed by atoms with Gasteiger partial charge in [-0.2, -0.15) is 5.10 Å². The van der Waals surface area contributed by atoms with Crippen molar-refractivity contribution in [2.75, 3.05) is 20.3 Å². The minimum Gasteiger partial charge on any atom is -0.383 e. The first-order valence-corrected chi connectivity index (χ1v) is 9.07. The second-order valence-electron chi connectivity index (χ2n) is 5.85. The summed E-state index contributed by atoms with van der Waals surface area (Å²) in [7, 11) is 1.58. The van der Waals surface area contributed by atoms with Gasteiger partial charge in [-0.05, 0) is 19.4 Å². The van der Waals surface area contributed by atoms with Crippen LogP contribution in [0.5, 0.6) is 0 Å². The van der Waals surface area contributed by atoms with Crippen molar-refractivity contribution in [2.45, 2.75) is 26.3 Å². The summed E-state index contributed by atoms with van der Waals surface area (Å²) in [6.45, 7) is 4.59. The maximum atomic E-state index is 13.1. The molecule has 0 bridgehead atoms. The summed E-state index contributed by atoms with van der Waals surface area (Å²) in [6, 6.07) is 7.18. The molecule has 0 unspecified atom stereocenters. The largest absolute Gasteiger partial charge is 0.383 e. The zero-order valence-corrected chi connectivity index (χ0v) is 15.4. The van der Waals surface area contributed by atoms with Gasteiger partial charge in [0.1, 0.15) is 6.04 Å². The Morgan fingerprint density at radius 3 is 2.88 bits per heavy atom. The molecule has 0 spiro atoms. The second-order valence-corrected chi connectivity index (χ2v) is 6.90. The number of rotatable bonds is 6. The normalized spacial score (nSPS) is 12.6. The molecule has 1 aromatic carbocycles. The molecule has 3 aromatic rings. The fourth-order valence-electron chi connectivity index (χ4n) is 2.95. The van der Waals surface area contributed by atoms with Crippen LogP contribution >= 0.6 is 11.3 Å². The molecule has 6 nitrogen and oxygen atoms in total. The molecule has 0 aliphatic heterocycles. The van der Waals surface area contributed by atoms with Crippen LogP contribution in [0.25, 0.3) is 20.2 Å². The van der Waals surface area contributed by atoms with Gasteiger partial charge < -0.3 is 10.1 Å². The minimum atomic E-state index is -0.633. The predicted octanol–water partition coefficient (Wildman–Crippen LogP) is 2.63. The Bertz CT molecular complexity index is 977. The van der Waals surface area contributed by atoms with E-state index in [1.807, 2.05) is 38.1 Å². The molecule has 2 heterocycles. The SMILES string of the molecule is CC[C@@H](C(=O)NCCOC)n1nc(C)c2sc3ccccc3c2c1=O. The molecule has 1 N–H and O–H groups in total. The lowest BCUT2D eigenvalue weighted by atomic mass is 10.1. The van der Waals surface area contributed by atoms with Crippen LogP contribution in [0.3, 0.4) is 0 Å². The molecule has 1 atom stereocenters. The molecule has 2 aromatic heterocycles. The summed E-state index contributed by atoms with van der Waals surface area (Å²) < 4.78 is 8.22. The van der Waals surface area contributed by atoms with Gasteiger partial charge in [0, 0.05) is 23.7 Å². The number of ether oxygens (including phenoxy) is 1. The maximum absolute atomic E-state index is 13.1. The second kappa shape index (κ2) is 7.33. The number of hydrogen-bond donors (Lipinski definition) is 1. The van der Waals surface area contributed by atoms with Crippen LogP contribution in [-0.2, 0) is 9.53 Å². The highest BCUT2D eigenvalue weighted by Crippen LogP contribution is 2.33. The van der Waals surface area contributed by atoms with Gasteiger partial charge in [-0.25, -0.2) is 4.68 Å². The third-order valence-corrected chi connectivity index (χ3v) is 5.47. The highest BCUT2D eigenvalue weighted by molar-refractivity contribution is 7.26. The van der Waals surface area contributed by atoms with Crippen LogP contribution in [0.2, 0.25) is 0 Å². The molecule has 1 amide bonds. The number of methoxy groups -OCH3 is 1. The summed E-state index contributed by atoms with van der Waals surface area (Å²) in [4.78, 5) is 25.6. The van der Waals surface area contributed by atoms with E-state index in [0.717, 1.165) is 20.5 Å². The number of hydrogen-bond acceptors (Lipinski definition) is 5. The Morgan fingerprint density at radius 1 is 1.40 bits per heavy atom. The van der Waals surface area contributed by atoms with E-state index in [9.17, 15) is 9.59 Å². The van der Waals surface area contributed by atoms with Crippen LogP contribution in [0.4, 0.5) is 0 Å². The Labute approximate surface area is 149 Å². The van der Waals surface area contributed by atoms with Gasteiger partial charge in [0.15, 0.2) is 0 Å². The molecule has 0 radical (unpaired) electrons. The van der Waals surface area contributed by atoms with Crippen molar-refractivity contribution in [3.05, 3.63) is 40.3 Å². The van der Waals surface area contributed by atoms with E-state index >= 15 is 0 Å². The van der Waals surface area contributed by atoms with E-state index in [2.05, 4.69) is 10.4 Å². The average Bonchev–Trinajstić information content (AvgIpc) is 3.00. The molecule has 0 saturated heterocycles. The predicted molar refractivity (Wildman–Crippen MR) is 100 cm³/mol. The number of aryl methyl sites for hydroxylation is 1. The third kappa shape index (κ3) is 3.17. The lowest BCUT2D eigenvalue weighted by Gasteiger charge is -2.17. The average molecular weight is 359 g/mol. The first-order chi connectivity index (χ1) is 12.1. The van der Waals surface area contributed by atoms with E-state index < -0.39 is 6.04 Å². The molecular weight excluding hydrogens is 338 g/mol. The molecule has 0 aliphatic rings. The Morgan fingerprint density at radius 2 is 2.16 bits per heavy atom. The summed E-state index contributed by atoms with van der Waals surface area (Å²) >= 11 is 1.56. The molecule has 3 rings (SSSR count). The molecule has 0 aliphatic carbocycles. The Hall–Kier alpha value is -2.25. The third-order valence-electron chi connectivity index (χ3n) is 4.19. The standard InChI is InChI=1S/C18H21N3O3S/c1-4-13(17(22)19-9-10-24-3)21-18(23)15-12-7-5-6-8-14(12)25-16(15)11(2)20-21/h5-8,13H,4,9-10H2,1-3H3,(H,19,22)/t13-/m0/s1. The van der Waals surface area contributed by atoms with Crippen molar-refractivity contribution in [1.29, 1.82) is 0 Å². The summed E-state index contributed by atoms with van der Waals surface area (Å²) in [5.41, 5.74) is 0.547. The number of aromatic nitrogens is 2. The van der Waals surface area contributed by atoms with Gasteiger partial charge in [0.05, 0.1) is 22.4 Å². The fraction of sp³-hybridized carbons (Fsp3) is 0.389. The lowest BCUT2D eigenvalue weighted by molar-refractivity contribution is -0.125. The van der Waals surface area contributed by atoms with Crippen molar-refractivity contribution in [3.8, 4) is 0 Å². The Kier molecular flexibility index (Phi) is 5.15. The van der Waals surface area contributed by atoms with E-state index in [1.165, 1.54) is 4.68 Å². The summed E-state index contributed by atoms with van der Waals surface area (Å²) in [5, 5.41) is 8.80. The number of fused-ring (bicyclic) bond motifs is 3. The monoisotopic (exact) mass is 359 g/mol. The van der Waals surface area contributed by atoms with Crippen molar-refractivity contribution < 1.29 is 9.53 Å². The molecule has 132 valence electrons. The molecule has 7 heteroatoms. The molecule has 0 saturated carbocycles. The topological polar surface area (TPSA) is 73.2 Å². The van der Waals surface area contributed by atoms with E-state index in [-0.39, 0.29) is 11.5 Å². The fourth-order valence-corrected chi connectivity index (χ4v) is 4.09. The quantitative estimate of drug-likeness (QED) is 0.687. The minimum absolute atomic E-state index is 0.215.